The number of nitrogens with zero attached hydrogens (tertiary/aromatic N) is 1. The Morgan fingerprint density at radius 2 is 1.50 bits per heavy atom. The molecule has 22 heavy (non-hydrogen) atoms. The van der Waals surface area contributed by atoms with Crippen LogP contribution in [0.25, 0.3) is 22.5 Å². The van der Waals surface area contributed by atoms with E-state index in [-0.39, 0.29) is 0 Å². The van der Waals surface area contributed by atoms with Gasteiger partial charge in [0.05, 0.1) is 5.69 Å². The second kappa shape index (κ2) is 5.45. The van der Waals surface area contributed by atoms with Crippen molar-refractivity contribution in [1.29, 1.82) is 0 Å². The van der Waals surface area contributed by atoms with E-state index in [1.807, 2.05) is 6.92 Å². The van der Waals surface area contributed by atoms with Crippen LogP contribution in [0.15, 0.2) is 36.4 Å². The summed E-state index contributed by atoms with van der Waals surface area (Å²) in [5.74, 6) is 0.947. The van der Waals surface area contributed by atoms with Crippen molar-refractivity contribution in [3.63, 3.8) is 0 Å². The van der Waals surface area contributed by atoms with Crippen molar-refractivity contribution in [2.45, 2.75) is 34.6 Å². The molecule has 0 saturated heterocycles. The molecule has 0 unspecified atom stereocenters. The minimum Gasteiger partial charge on any atom is -0.342 e. The molecule has 112 valence electrons. The fourth-order valence-corrected chi connectivity index (χ4v) is 2.96. The van der Waals surface area contributed by atoms with Gasteiger partial charge in [-0.3, -0.25) is 0 Å². The highest BCUT2D eigenvalue weighted by Gasteiger charge is 2.11. The first-order valence-corrected chi connectivity index (χ1v) is 7.68. The minimum atomic E-state index is 0.947. The van der Waals surface area contributed by atoms with Gasteiger partial charge in [0.1, 0.15) is 5.82 Å². The van der Waals surface area contributed by atoms with Crippen molar-refractivity contribution in [3.05, 3.63) is 64.5 Å². The molecule has 0 amide bonds. The molecule has 0 saturated carbocycles. The monoisotopic (exact) mass is 290 g/mol. The number of aryl methyl sites for hydroxylation is 5. The summed E-state index contributed by atoms with van der Waals surface area (Å²) in [4.78, 5) is 8.01. The van der Waals surface area contributed by atoms with Gasteiger partial charge in [-0.05, 0) is 68.5 Å². The van der Waals surface area contributed by atoms with Crippen LogP contribution in [0.4, 0.5) is 0 Å². The van der Waals surface area contributed by atoms with E-state index in [2.05, 4.69) is 74.1 Å². The average molecular weight is 290 g/mol. The van der Waals surface area contributed by atoms with Crippen LogP contribution >= 0.6 is 0 Å². The van der Waals surface area contributed by atoms with Crippen molar-refractivity contribution in [1.82, 2.24) is 9.97 Å². The third-order valence-corrected chi connectivity index (χ3v) is 4.39. The predicted octanol–water partition coefficient (Wildman–Crippen LogP) is 5.29. The molecule has 3 aromatic rings. The van der Waals surface area contributed by atoms with E-state index in [1.165, 1.54) is 27.8 Å². The molecular weight excluding hydrogens is 268 g/mol. The van der Waals surface area contributed by atoms with Crippen LogP contribution in [-0.2, 0) is 0 Å². The number of nitrogens with one attached hydrogen (secondary N) is 1. The van der Waals surface area contributed by atoms with Crippen LogP contribution in [0.1, 0.15) is 28.1 Å². The maximum atomic E-state index is 4.63. The highest BCUT2D eigenvalue weighted by Crippen LogP contribution is 2.32. The summed E-state index contributed by atoms with van der Waals surface area (Å²) in [6, 6.07) is 13.0. The molecule has 0 aliphatic heterocycles. The summed E-state index contributed by atoms with van der Waals surface area (Å²) in [5, 5.41) is 0. The van der Waals surface area contributed by atoms with E-state index in [1.54, 1.807) is 0 Å². The quantitative estimate of drug-likeness (QED) is 0.683. The molecular formula is C20H22N2. The van der Waals surface area contributed by atoms with Crippen LogP contribution in [0.2, 0.25) is 0 Å². The molecule has 1 N–H and O–H groups in total. The van der Waals surface area contributed by atoms with Gasteiger partial charge in [0.15, 0.2) is 0 Å². The van der Waals surface area contributed by atoms with Gasteiger partial charge >= 0.3 is 0 Å². The van der Waals surface area contributed by atoms with Crippen molar-refractivity contribution >= 4 is 0 Å². The maximum absolute atomic E-state index is 4.63. The number of benzene rings is 2. The topological polar surface area (TPSA) is 28.7 Å². The Morgan fingerprint density at radius 1 is 0.818 bits per heavy atom. The number of H-pyrrole nitrogens is 1. The number of imidazole rings is 1. The Bertz CT molecular complexity index is 801. The largest absolute Gasteiger partial charge is 0.342 e. The SMILES string of the molecule is Cc1ccc(-c2nc(C)c(C)[nH]2)cc1-c1c(C)cccc1C. The summed E-state index contributed by atoms with van der Waals surface area (Å²) in [5.41, 5.74) is 9.87. The lowest BCUT2D eigenvalue weighted by Gasteiger charge is -2.14. The number of hydrogen-bond acceptors (Lipinski definition) is 1. The number of rotatable bonds is 2. The highest BCUT2D eigenvalue weighted by atomic mass is 14.9. The van der Waals surface area contributed by atoms with Crippen LogP contribution in [0.3, 0.4) is 0 Å². The fraction of sp³-hybridized carbons (Fsp3) is 0.250. The van der Waals surface area contributed by atoms with Crippen molar-refractivity contribution in [3.8, 4) is 22.5 Å². The molecule has 2 aromatic carbocycles. The first-order valence-electron chi connectivity index (χ1n) is 7.68. The molecule has 2 heteroatoms. The Morgan fingerprint density at radius 3 is 2.09 bits per heavy atom. The van der Waals surface area contributed by atoms with Gasteiger partial charge in [-0.15, -0.1) is 0 Å². The molecule has 1 heterocycles. The lowest BCUT2D eigenvalue weighted by molar-refractivity contribution is 1.22. The molecule has 0 spiro atoms. The first-order chi connectivity index (χ1) is 10.5. The average Bonchev–Trinajstić information content (AvgIpc) is 2.80. The zero-order chi connectivity index (χ0) is 15.9. The minimum absolute atomic E-state index is 0.947. The van der Waals surface area contributed by atoms with Crippen molar-refractivity contribution < 1.29 is 0 Å². The van der Waals surface area contributed by atoms with Crippen LogP contribution < -0.4 is 0 Å². The Kier molecular flexibility index (Phi) is 3.61. The number of aromatic nitrogens is 2. The third kappa shape index (κ3) is 2.45. The zero-order valence-corrected chi connectivity index (χ0v) is 13.9. The third-order valence-electron chi connectivity index (χ3n) is 4.39. The van der Waals surface area contributed by atoms with Gasteiger partial charge in [-0.25, -0.2) is 4.98 Å². The maximum Gasteiger partial charge on any atom is 0.137 e. The van der Waals surface area contributed by atoms with Crippen molar-refractivity contribution in [2.75, 3.05) is 0 Å². The van der Waals surface area contributed by atoms with Gasteiger partial charge in [-0.1, -0.05) is 30.3 Å². The normalized spacial score (nSPS) is 11.0. The molecule has 2 nitrogen and oxygen atoms in total. The number of hydrogen-bond donors (Lipinski definition) is 1. The highest BCUT2D eigenvalue weighted by molar-refractivity contribution is 5.77. The standard InChI is InChI=1S/C20H22N2/c1-12-9-10-17(20-21-15(4)16(5)22-20)11-18(12)19-13(2)7-6-8-14(19)3/h6-11H,1-5H3,(H,21,22). The molecule has 1 aromatic heterocycles. The summed E-state index contributed by atoms with van der Waals surface area (Å²) in [7, 11) is 0. The second-order valence-electron chi connectivity index (χ2n) is 6.09. The summed E-state index contributed by atoms with van der Waals surface area (Å²) in [6.45, 7) is 10.6. The molecule has 3 rings (SSSR count). The molecule has 0 aliphatic rings. The van der Waals surface area contributed by atoms with Gasteiger partial charge in [0.2, 0.25) is 0 Å². The van der Waals surface area contributed by atoms with Crippen LogP contribution in [-0.4, -0.2) is 9.97 Å². The van der Waals surface area contributed by atoms with E-state index in [9.17, 15) is 0 Å². The Balaban J connectivity index is 2.19. The summed E-state index contributed by atoms with van der Waals surface area (Å²) in [6.07, 6.45) is 0. The Hall–Kier alpha value is -2.35. The Labute approximate surface area is 132 Å². The van der Waals surface area contributed by atoms with Gasteiger partial charge < -0.3 is 4.98 Å². The molecule has 0 aliphatic carbocycles. The number of aromatic amines is 1. The zero-order valence-electron chi connectivity index (χ0n) is 13.9. The van der Waals surface area contributed by atoms with Crippen LogP contribution in [0, 0.1) is 34.6 Å². The van der Waals surface area contributed by atoms with E-state index in [0.29, 0.717) is 0 Å². The van der Waals surface area contributed by atoms with Crippen LogP contribution in [0.5, 0.6) is 0 Å². The van der Waals surface area contributed by atoms with E-state index in [4.69, 9.17) is 0 Å². The van der Waals surface area contributed by atoms with Gasteiger partial charge in [-0.2, -0.15) is 0 Å². The predicted molar refractivity (Wildman–Crippen MR) is 93.1 cm³/mol. The lowest BCUT2D eigenvalue weighted by atomic mass is 9.91. The molecule has 0 atom stereocenters. The van der Waals surface area contributed by atoms with Crippen molar-refractivity contribution in [2.24, 2.45) is 0 Å². The fourth-order valence-electron chi connectivity index (χ4n) is 2.96. The molecule has 0 fully saturated rings. The van der Waals surface area contributed by atoms with Gasteiger partial charge in [0.25, 0.3) is 0 Å². The summed E-state index contributed by atoms with van der Waals surface area (Å²) < 4.78 is 0. The molecule has 0 bridgehead atoms. The van der Waals surface area contributed by atoms with E-state index >= 15 is 0 Å². The van der Waals surface area contributed by atoms with Gasteiger partial charge in [0, 0.05) is 11.3 Å². The summed E-state index contributed by atoms with van der Waals surface area (Å²) >= 11 is 0. The molecule has 0 radical (unpaired) electrons. The first kappa shape index (κ1) is 14.6. The second-order valence-corrected chi connectivity index (χ2v) is 6.09. The lowest BCUT2D eigenvalue weighted by Crippen LogP contribution is -1.92. The smallest absolute Gasteiger partial charge is 0.137 e. The van der Waals surface area contributed by atoms with E-state index < -0.39 is 0 Å². The van der Waals surface area contributed by atoms with E-state index in [0.717, 1.165) is 22.8 Å².